The maximum atomic E-state index is 12.0. The van der Waals surface area contributed by atoms with Crippen molar-refractivity contribution in [3.8, 4) is 11.4 Å². The Morgan fingerprint density at radius 1 is 1.00 bits per heavy atom. The first-order valence-corrected chi connectivity index (χ1v) is 9.50. The van der Waals surface area contributed by atoms with E-state index in [-0.39, 0.29) is 11.7 Å². The normalized spacial score (nSPS) is 9.81. The van der Waals surface area contributed by atoms with Crippen LogP contribution in [0.4, 0.5) is 5.69 Å². The number of nitrogens with zero attached hydrogens (tertiary/aromatic N) is 3. The lowest BCUT2D eigenvalue weighted by Gasteiger charge is -2.05. The summed E-state index contributed by atoms with van der Waals surface area (Å²) in [7, 11) is 0. The molecule has 0 saturated heterocycles. The van der Waals surface area contributed by atoms with Crippen LogP contribution in [-0.2, 0) is 4.79 Å². The summed E-state index contributed by atoms with van der Waals surface area (Å²) >= 11 is 7.09. The molecule has 0 aliphatic carbocycles. The average molecular weight is 387 g/mol. The summed E-state index contributed by atoms with van der Waals surface area (Å²) in [4.78, 5) is 24.9. The summed E-state index contributed by atoms with van der Waals surface area (Å²) in [6.07, 6.45) is 3.38. The lowest BCUT2D eigenvalue weighted by Crippen LogP contribution is -2.14. The zero-order chi connectivity index (χ0) is 18.8. The lowest BCUT2D eigenvalue weighted by molar-refractivity contribution is -0.113. The predicted octanol–water partition coefficient (Wildman–Crippen LogP) is 4.95. The van der Waals surface area contributed by atoms with Crippen molar-refractivity contribution in [3.05, 3.63) is 65.9 Å². The highest BCUT2D eigenvalue weighted by Crippen LogP contribution is 2.19. The third-order valence-electron chi connectivity index (χ3n) is 3.02. The van der Waals surface area contributed by atoms with Crippen LogP contribution in [0.2, 0.25) is 5.02 Å². The van der Waals surface area contributed by atoms with E-state index in [1.807, 2.05) is 32.0 Å². The molecule has 134 valence electrons. The first kappa shape index (κ1) is 19.9. The third-order valence-corrected chi connectivity index (χ3v) is 4.13. The second-order valence-corrected chi connectivity index (χ2v) is 6.16. The summed E-state index contributed by atoms with van der Waals surface area (Å²) in [6, 6.07) is 14.4. The molecule has 1 N–H and O–H groups in total. The van der Waals surface area contributed by atoms with Crippen LogP contribution in [0.3, 0.4) is 0 Å². The number of rotatable bonds is 5. The summed E-state index contributed by atoms with van der Waals surface area (Å²) in [5.74, 6) is 0.0862. The van der Waals surface area contributed by atoms with Gasteiger partial charge >= 0.3 is 0 Å². The molecule has 2 heterocycles. The van der Waals surface area contributed by atoms with Crippen molar-refractivity contribution in [3.63, 3.8) is 0 Å². The van der Waals surface area contributed by atoms with Crippen molar-refractivity contribution in [2.45, 2.75) is 19.0 Å². The number of hydrogen-bond donors (Lipinski definition) is 1. The molecule has 0 atom stereocenters. The van der Waals surface area contributed by atoms with Gasteiger partial charge < -0.3 is 5.32 Å². The molecule has 5 nitrogen and oxygen atoms in total. The van der Waals surface area contributed by atoms with Gasteiger partial charge in [0.25, 0.3) is 0 Å². The Hall–Kier alpha value is -2.44. The van der Waals surface area contributed by atoms with Gasteiger partial charge in [0.05, 0.1) is 17.1 Å². The van der Waals surface area contributed by atoms with Gasteiger partial charge in [-0.05, 0) is 42.5 Å². The van der Waals surface area contributed by atoms with Gasteiger partial charge in [-0.25, -0.2) is 9.97 Å². The van der Waals surface area contributed by atoms with Gasteiger partial charge in [0.2, 0.25) is 5.91 Å². The molecule has 1 aromatic carbocycles. The fourth-order valence-electron chi connectivity index (χ4n) is 1.93. The van der Waals surface area contributed by atoms with Crippen LogP contribution < -0.4 is 5.32 Å². The van der Waals surface area contributed by atoms with Crippen LogP contribution in [0.5, 0.6) is 0 Å². The first-order chi connectivity index (χ1) is 12.7. The van der Waals surface area contributed by atoms with Crippen LogP contribution in [0.15, 0.2) is 66.1 Å². The van der Waals surface area contributed by atoms with Crippen LogP contribution in [0.1, 0.15) is 13.8 Å². The predicted molar refractivity (Wildman–Crippen MR) is 107 cm³/mol. The Labute approximate surface area is 162 Å². The van der Waals surface area contributed by atoms with Crippen molar-refractivity contribution >= 4 is 35.0 Å². The summed E-state index contributed by atoms with van der Waals surface area (Å²) in [6.45, 7) is 4.00. The van der Waals surface area contributed by atoms with Gasteiger partial charge in [0.15, 0.2) is 5.16 Å². The zero-order valence-electron chi connectivity index (χ0n) is 14.5. The van der Waals surface area contributed by atoms with E-state index >= 15 is 0 Å². The van der Waals surface area contributed by atoms with Crippen LogP contribution in [-0.4, -0.2) is 26.6 Å². The number of carbonyl (C=O) groups excluding carboxylic acids is 1. The first-order valence-electron chi connectivity index (χ1n) is 8.13. The number of benzene rings is 1. The molecule has 3 rings (SSSR count). The Morgan fingerprint density at radius 2 is 1.77 bits per heavy atom. The number of anilines is 1. The third kappa shape index (κ3) is 6.13. The largest absolute Gasteiger partial charge is 0.325 e. The van der Waals surface area contributed by atoms with Gasteiger partial charge in [-0.2, -0.15) is 0 Å². The van der Waals surface area contributed by atoms with Crippen molar-refractivity contribution in [1.29, 1.82) is 0 Å². The monoisotopic (exact) mass is 386 g/mol. The van der Waals surface area contributed by atoms with Gasteiger partial charge in [-0.1, -0.05) is 43.3 Å². The number of halogens is 1. The molecule has 0 saturated carbocycles. The van der Waals surface area contributed by atoms with E-state index in [1.54, 1.807) is 42.7 Å². The van der Waals surface area contributed by atoms with E-state index in [0.29, 0.717) is 15.9 Å². The fraction of sp³-hybridized carbons (Fsp3) is 0.158. The number of carbonyl (C=O) groups is 1. The minimum atomic E-state index is -0.130. The highest BCUT2D eigenvalue weighted by Gasteiger charge is 2.07. The minimum absolute atomic E-state index is 0.130. The summed E-state index contributed by atoms with van der Waals surface area (Å²) in [5, 5.41) is 3.96. The number of pyridine rings is 1. The van der Waals surface area contributed by atoms with Gasteiger partial charge in [-0.15, -0.1) is 0 Å². The Bertz CT molecular complexity index is 828. The smallest absolute Gasteiger partial charge is 0.234 e. The molecule has 0 fully saturated rings. The second kappa shape index (κ2) is 10.5. The van der Waals surface area contributed by atoms with Gasteiger partial charge in [0.1, 0.15) is 0 Å². The Morgan fingerprint density at radius 3 is 2.46 bits per heavy atom. The molecular weight excluding hydrogens is 368 g/mol. The highest BCUT2D eigenvalue weighted by molar-refractivity contribution is 7.99. The number of hydrogen-bond acceptors (Lipinski definition) is 5. The van der Waals surface area contributed by atoms with Crippen molar-refractivity contribution in [1.82, 2.24) is 15.0 Å². The Kier molecular flexibility index (Phi) is 8.05. The summed E-state index contributed by atoms with van der Waals surface area (Å²) in [5.41, 5.74) is 2.20. The molecule has 0 bridgehead atoms. The van der Waals surface area contributed by atoms with E-state index in [0.717, 1.165) is 11.4 Å². The van der Waals surface area contributed by atoms with Gasteiger partial charge in [-0.3, -0.25) is 9.78 Å². The molecule has 7 heteroatoms. The standard InChI is InChI=1S/C17H13ClN4OS.C2H6/c18-12-4-6-13(7-5-12)21-16(23)11-24-17-20-10-8-15(22-17)14-3-1-2-9-19-14;1-2/h1-10H,11H2,(H,21,23);1-2H3. The van der Waals surface area contributed by atoms with E-state index < -0.39 is 0 Å². The molecule has 0 radical (unpaired) electrons. The zero-order valence-corrected chi connectivity index (χ0v) is 16.1. The van der Waals surface area contributed by atoms with Crippen molar-refractivity contribution in [2.75, 3.05) is 11.1 Å². The molecule has 0 aliphatic heterocycles. The van der Waals surface area contributed by atoms with Crippen molar-refractivity contribution < 1.29 is 4.79 Å². The topological polar surface area (TPSA) is 67.8 Å². The number of aromatic nitrogens is 3. The second-order valence-electron chi connectivity index (χ2n) is 4.78. The highest BCUT2D eigenvalue weighted by atomic mass is 35.5. The number of amides is 1. The molecule has 1 amide bonds. The maximum absolute atomic E-state index is 12.0. The quantitative estimate of drug-likeness (QED) is 0.496. The SMILES string of the molecule is CC.O=C(CSc1nccc(-c2ccccn2)n1)Nc1ccc(Cl)cc1. The molecule has 0 spiro atoms. The minimum Gasteiger partial charge on any atom is -0.325 e. The van der Waals surface area contributed by atoms with E-state index in [9.17, 15) is 4.79 Å². The molecule has 0 aliphatic rings. The van der Waals surface area contributed by atoms with E-state index in [2.05, 4.69) is 20.3 Å². The molecule has 3 aromatic rings. The average Bonchev–Trinajstić information content (AvgIpc) is 2.71. The molecule has 26 heavy (non-hydrogen) atoms. The lowest BCUT2D eigenvalue weighted by atomic mass is 10.3. The number of nitrogens with one attached hydrogen (secondary N) is 1. The molecule has 2 aromatic heterocycles. The van der Waals surface area contributed by atoms with Crippen LogP contribution in [0.25, 0.3) is 11.4 Å². The fourth-order valence-corrected chi connectivity index (χ4v) is 2.68. The van der Waals surface area contributed by atoms with E-state index in [1.165, 1.54) is 11.8 Å². The summed E-state index contributed by atoms with van der Waals surface area (Å²) < 4.78 is 0. The number of thioether (sulfide) groups is 1. The Balaban J connectivity index is 0.00000117. The molecule has 0 unspecified atom stereocenters. The molecular formula is C19H19ClN4OS. The van der Waals surface area contributed by atoms with Crippen molar-refractivity contribution in [2.24, 2.45) is 0 Å². The van der Waals surface area contributed by atoms with Crippen LogP contribution >= 0.6 is 23.4 Å². The van der Waals surface area contributed by atoms with Gasteiger partial charge in [0, 0.05) is 23.1 Å². The maximum Gasteiger partial charge on any atom is 0.234 e. The van der Waals surface area contributed by atoms with Crippen LogP contribution in [0, 0.1) is 0 Å². The van der Waals surface area contributed by atoms with E-state index in [4.69, 9.17) is 11.6 Å².